The van der Waals surface area contributed by atoms with Crippen LogP contribution in [0.4, 0.5) is 4.39 Å². The molecule has 0 spiro atoms. The van der Waals surface area contributed by atoms with E-state index in [9.17, 15) is 14.0 Å². The maximum absolute atomic E-state index is 13.0. The van der Waals surface area contributed by atoms with E-state index in [1.165, 1.54) is 23.5 Å². The standard InChI is InChI=1S/C22H19FN2O4S/c23-16-5-3-15(4-6-16)19-8-9-20(30-19)22(27)25-24-21(26)10-2-14-1-7-17-18(13-14)29-12-11-28-17/h1,3-9,13H,2,10-12H2,(H,24,26)(H,25,27). The monoisotopic (exact) mass is 426 g/mol. The Morgan fingerprint density at radius 1 is 0.933 bits per heavy atom. The third-order valence-electron chi connectivity index (χ3n) is 4.52. The van der Waals surface area contributed by atoms with Crippen molar-refractivity contribution < 1.29 is 23.5 Å². The number of hydrazine groups is 1. The molecule has 0 atom stereocenters. The second-order valence-corrected chi connectivity index (χ2v) is 7.73. The molecule has 4 rings (SSSR count). The van der Waals surface area contributed by atoms with Crippen molar-refractivity contribution in [1.29, 1.82) is 0 Å². The molecule has 0 saturated carbocycles. The predicted molar refractivity (Wildman–Crippen MR) is 111 cm³/mol. The highest BCUT2D eigenvalue weighted by atomic mass is 32.1. The number of benzene rings is 2. The Balaban J connectivity index is 1.27. The van der Waals surface area contributed by atoms with Crippen LogP contribution in [0.2, 0.25) is 0 Å². The van der Waals surface area contributed by atoms with Gasteiger partial charge in [-0.2, -0.15) is 0 Å². The minimum Gasteiger partial charge on any atom is -0.486 e. The molecule has 0 radical (unpaired) electrons. The maximum atomic E-state index is 13.0. The first kappa shape index (κ1) is 19.9. The lowest BCUT2D eigenvalue weighted by Crippen LogP contribution is -2.41. The second kappa shape index (κ2) is 8.96. The molecule has 0 fully saturated rings. The van der Waals surface area contributed by atoms with E-state index in [1.54, 1.807) is 24.3 Å². The van der Waals surface area contributed by atoms with Crippen LogP contribution in [0, 0.1) is 5.82 Å². The van der Waals surface area contributed by atoms with E-state index in [1.807, 2.05) is 18.2 Å². The van der Waals surface area contributed by atoms with Crippen molar-refractivity contribution in [2.24, 2.45) is 0 Å². The smallest absolute Gasteiger partial charge is 0.279 e. The van der Waals surface area contributed by atoms with Crippen LogP contribution in [-0.4, -0.2) is 25.0 Å². The zero-order chi connectivity index (χ0) is 20.9. The van der Waals surface area contributed by atoms with Crippen molar-refractivity contribution >= 4 is 23.2 Å². The first-order valence-electron chi connectivity index (χ1n) is 9.42. The lowest BCUT2D eigenvalue weighted by molar-refractivity contribution is -0.121. The lowest BCUT2D eigenvalue weighted by Gasteiger charge is -2.18. The van der Waals surface area contributed by atoms with Crippen molar-refractivity contribution in [3.05, 3.63) is 70.9 Å². The summed E-state index contributed by atoms with van der Waals surface area (Å²) in [6, 6.07) is 15.1. The Bertz CT molecular complexity index is 1070. The average Bonchev–Trinajstić information content (AvgIpc) is 3.27. The van der Waals surface area contributed by atoms with E-state index in [-0.39, 0.29) is 18.1 Å². The Kier molecular flexibility index (Phi) is 5.94. The molecule has 0 bridgehead atoms. The topological polar surface area (TPSA) is 76.7 Å². The summed E-state index contributed by atoms with van der Waals surface area (Å²) in [4.78, 5) is 25.6. The summed E-state index contributed by atoms with van der Waals surface area (Å²) in [6.45, 7) is 1.04. The highest BCUT2D eigenvalue weighted by Gasteiger charge is 2.14. The van der Waals surface area contributed by atoms with Gasteiger partial charge in [0.1, 0.15) is 19.0 Å². The van der Waals surface area contributed by atoms with Crippen LogP contribution in [0.5, 0.6) is 11.5 Å². The quantitative estimate of drug-likeness (QED) is 0.610. The Labute approximate surface area is 176 Å². The van der Waals surface area contributed by atoms with Crippen LogP contribution in [0.25, 0.3) is 10.4 Å². The summed E-state index contributed by atoms with van der Waals surface area (Å²) in [5, 5.41) is 0. The van der Waals surface area contributed by atoms with Gasteiger partial charge in [-0.1, -0.05) is 18.2 Å². The average molecular weight is 426 g/mol. The van der Waals surface area contributed by atoms with Crippen molar-refractivity contribution in [3.63, 3.8) is 0 Å². The van der Waals surface area contributed by atoms with Gasteiger partial charge >= 0.3 is 0 Å². The van der Waals surface area contributed by atoms with Gasteiger partial charge in [0.2, 0.25) is 5.91 Å². The zero-order valence-corrected chi connectivity index (χ0v) is 16.8. The molecule has 2 aromatic carbocycles. The van der Waals surface area contributed by atoms with Crippen LogP contribution in [-0.2, 0) is 11.2 Å². The van der Waals surface area contributed by atoms with Gasteiger partial charge in [-0.15, -0.1) is 11.3 Å². The fraction of sp³-hybridized carbons (Fsp3) is 0.182. The minimum atomic E-state index is -0.402. The number of halogens is 1. The third kappa shape index (κ3) is 4.77. The Morgan fingerprint density at radius 2 is 1.70 bits per heavy atom. The number of fused-ring (bicyclic) bond motifs is 1. The molecule has 1 aliphatic rings. The maximum Gasteiger partial charge on any atom is 0.279 e. The molecule has 1 aromatic heterocycles. The molecule has 3 aromatic rings. The van der Waals surface area contributed by atoms with E-state index in [4.69, 9.17) is 9.47 Å². The number of hydrogen-bond acceptors (Lipinski definition) is 5. The van der Waals surface area contributed by atoms with Gasteiger partial charge in [-0.25, -0.2) is 4.39 Å². The Hall–Kier alpha value is -3.39. The molecule has 154 valence electrons. The van der Waals surface area contributed by atoms with Crippen molar-refractivity contribution in [2.45, 2.75) is 12.8 Å². The largest absolute Gasteiger partial charge is 0.486 e. The van der Waals surface area contributed by atoms with E-state index in [0.29, 0.717) is 36.0 Å². The van der Waals surface area contributed by atoms with Crippen molar-refractivity contribution in [2.75, 3.05) is 13.2 Å². The number of hydrogen-bond donors (Lipinski definition) is 2. The van der Waals surface area contributed by atoms with Crippen LogP contribution in [0.3, 0.4) is 0 Å². The van der Waals surface area contributed by atoms with Crippen LogP contribution in [0.1, 0.15) is 21.7 Å². The first-order valence-corrected chi connectivity index (χ1v) is 10.2. The number of rotatable bonds is 5. The highest BCUT2D eigenvalue weighted by Crippen LogP contribution is 2.31. The van der Waals surface area contributed by atoms with Gasteiger partial charge in [-0.3, -0.25) is 20.4 Å². The first-order chi connectivity index (χ1) is 14.6. The summed E-state index contributed by atoms with van der Waals surface area (Å²) in [5.41, 5.74) is 6.63. The predicted octanol–water partition coefficient (Wildman–Crippen LogP) is 3.72. The number of nitrogens with one attached hydrogen (secondary N) is 2. The van der Waals surface area contributed by atoms with Crippen LogP contribution >= 0.6 is 11.3 Å². The summed E-state index contributed by atoms with van der Waals surface area (Å²) in [7, 11) is 0. The molecule has 1 aliphatic heterocycles. The van der Waals surface area contributed by atoms with E-state index in [2.05, 4.69) is 10.9 Å². The molecule has 0 aliphatic carbocycles. The molecule has 0 unspecified atom stereocenters. The van der Waals surface area contributed by atoms with Gasteiger partial charge in [0.15, 0.2) is 11.5 Å². The lowest BCUT2D eigenvalue weighted by atomic mass is 10.1. The van der Waals surface area contributed by atoms with Crippen molar-refractivity contribution in [3.8, 4) is 21.9 Å². The number of thiophene rings is 1. The Morgan fingerprint density at radius 3 is 2.50 bits per heavy atom. The normalized spacial score (nSPS) is 12.3. The van der Waals surface area contributed by atoms with Crippen LogP contribution in [0.15, 0.2) is 54.6 Å². The van der Waals surface area contributed by atoms with Crippen LogP contribution < -0.4 is 20.3 Å². The fourth-order valence-corrected chi connectivity index (χ4v) is 3.89. The van der Waals surface area contributed by atoms with E-state index < -0.39 is 5.91 Å². The number of ether oxygens (including phenoxy) is 2. The number of amides is 2. The molecule has 6 nitrogen and oxygen atoms in total. The van der Waals surface area contributed by atoms with Gasteiger partial charge < -0.3 is 9.47 Å². The van der Waals surface area contributed by atoms with Gasteiger partial charge in [0.05, 0.1) is 4.88 Å². The molecular weight excluding hydrogens is 407 g/mol. The fourth-order valence-electron chi connectivity index (χ4n) is 2.98. The summed E-state index contributed by atoms with van der Waals surface area (Å²) in [5.74, 6) is 0.376. The van der Waals surface area contributed by atoms with E-state index in [0.717, 1.165) is 16.0 Å². The van der Waals surface area contributed by atoms with Gasteiger partial charge in [0, 0.05) is 11.3 Å². The molecule has 2 N–H and O–H groups in total. The van der Waals surface area contributed by atoms with Crippen molar-refractivity contribution in [1.82, 2.24) is 10.9 Å². The minimum absolute atomic E-state index is 0.213. The zero-order valence-electron chi connectivity index (χ0n) is 15.9. The molecule has 2 heterocycles. The van der Waals surface area contributed by atoms with Gasteiger partial charge in [-0.05, 0) is 53.9 Å². The number of aryl methyl sites for hydroxylation is 1. The molecule has 30 heavy (non-hydrogen) atoms. The molecule has 2 amide bonds. The third-order valence-corrected chi connectivity index (χ3v) is 5.65. The number of carbonyl (C=O) groups excluding carboxylic acids is 2. The summed E-state index contributed by atoms with van der Waals surface area (Å²) < 4.78 is 24.1. The molecule has 0 saturated heterocycles. The summed E-state index contributed by atoms with van der Waals surface area (Å²) >= 11 is 1.26. The SMILES string of the molecule is O=C(CCc1ccc2c(c1)OCCO2)NNC(=O)c1ccc(-c2ccc(F)cc2)s1. The van der Waals surface area contributed by atoms with Gasteiger partial charge in [0.25, 0.3) is 5.91 Å². The molecule has 8 heteroatoms. The number of carbonyl (C=O) groups is 2. The molecular formula is C22H19FN2O4S. The second-order valence-electron chi connectivity index (χ2n) is 6.65. The highest BCUT2D eigenvalue weighted by molar-refractivity contribution is 7.17. The summed E-state index contributed by atoms with van der Waals surface area (Å²) in [6.07, 6.45) is 0.719. The van der Waals surface area contributed by atoms with E-state index >= 15 is 0 Å².